The van der Waals surface area contributed by atoms with E-state index < -0.39 is 0 Å². The van der Waals surface area contributed by atoms with E-state index in [1.807, 2.05) is 42.5 Å². The van der Waals surface area contributed by atoms with E-state index in [1.54, 1.807) is 20.4 Å². The van der Waals surface area contributed by atoms with E-state index in [1.165, 1.54) is 0 Å². The summed E-state index contributed by atoms with van der Waals surface area (Å²) in [6.07, 6.45) is 3.62. The molecule has 1 saturated heterocycles. The van der Waals surface area contributed by atoms with Gasteiger partial charge in [0.1, 0.15) is 5.82 Å². The molecule has 0 unspecified atom stereocenters. The molecule has 7 heteroatoms. The van der Waals surface area contributed by atoms with Gasteiger partial charge in [0.2, 0.25) is 5.91 Å². The minimum Gasteiger partial charge on any atom is -0.493 e. The molecule has 1 aliphatic rings. The van der Waals surface area contributed by atoms with E-state index >= 15 is 0 Å². The first kappa shape index (κ1) is 19.9. The van der Waals surface area contributed by atoms with Gasteiger partial charge in [-0.15, -0.1) is 0 Å². The molecule has 1 atom stereocenters. The van der Waals surface area contributed by atoms with E-state index in [9.17, 15) is 4.79 Å². The van der Waals surface area contributed by atoms with Gasteiger partial charge in [0.15, 0.2) is 11.5 Å². The van der Waals surface area contributed by atoms with Gasteiger partial charge < -0.3 is 19.7 Å². The number of carbonyl (C=O) groups excluding carboxylic acids is 1. The summed E-state index contributed by atoms with van der Waals surface area (Å²) in [5, 5.41) is 3.06. The zero-order valence-corrected chi connectivity index (χ0v) is 17.3. The maximum Gasteiger partial charge on any atom is 0.225 e. The van der Waals surface area contributed by atoms with Gasteiger partial charge in [-0.05, 0) is 42.7 Å². The molecule has 1 fully saturated rings. The molecule has 0 saturated carbocycles. The molecule has 156 valence electrons. The number of anilines is 1. The highest BCUT2D eigenvalue weighted by Gasteiger charge is 2.26. The summed E-state index contributed by atoms with van der Waals surface area (Å²) in [4.78, 5) is 24.2. The summed E-state index contributed by atoms with van der Waals surface area (Å²) in [7, 11) is 3.21. The fourth-order valence-electron chi connectivity index (χ4n) is 3.82. The molecule has 2 aromatic carbocycles. The van der Waals surface area contributed by atoms with Gasteiger partial charge in [0.25, 0.3) is 0 Å². The van der Waals surface area contributed by atoms with Crippen molar-refractivity contribution in [1.82, 2.24) is 15.3 Å². The van der Waals surface area contributed by atoms with Crippen LogP contribution in [-0.4, -0.2) is 43.2 Å². The highest BCUT2D eigenvalue weighted by atomic mass is 16.5. The van der Waals surface area contributed by atoms with Crippen LogP contribution >= 0.6 is 0 Å². The van der Waals surface area contributed by atoms with Crippen LogP contribution in [-0.2, 0) is 11.3 Å². The van der Waals surface area contributed by atoms with Crippen LogP contribution in [0.3, 0.4) is 0 Å². The van der Waals surface area contributed by atoms with Gasteiger partial charge in [-0.1, -0.05) is 18.2 Å². The third-order valence-electron chi connectivity index (χ3n) is 5.47. The number of carbonyl (C=O) groups is 1. The normalized spacial score (nSPS) is 16.3. The average molecular weight is 406 g/mol. The number of aromatic nitrogens is 2. The molecule has 0 spiro atoms. The Hall–Kier alpha value is -3.35. The molecule has 0 aliphatic carbocycles. The standard InChI is InChI=1S/C23H26N4O3/c1-29-20-10-9-16(12-21(20)30-2)13-25-23(28)17-6-5-11-27(15-17)22-14-24-18-7-3-4-8-19(18)26-22/h3-4,7-10,12,14,17H,5-6,11,13,15H2,1-2H3,(H,25,28)/t17-/m0/s1. The lowest BCUT2D eigenvalue weighted by molar-refractivity contribution is -0.125. The van der Waals surface area contributed by atoms with Gasteiger partial charge in [0.05, 0.1) is 37.4 Å². The highest BCUT2D eigenvalue weighted by molar-refractivity contribution is 5.80. The number of nitrogens with one attached hydrogen (secondary N) is 1. The Balaban J connectivity index is 1.39. The minimum absolute atomic E-state index is 0.0585. The minimum atomic E-state index is -0.0767. The number of fused-ring (bicyclic) bond motifs is 1. The fourth-order valence-corrected chi connectivity index (χ4v) is 3.82. The smallest absolute Gasteiger partial charge is 0.225 e. The Morgan fingerprint density at radius 3 is 2.73 bits per heavy atom. The van der Waals surface area contributed by atoms with Crippen molar-refractivity contribution in [2.75, 3.05) is 32.2 Å². The number of benzene rings is 2. The van der Waals surface area contributed by atoms with Crippen molar-refractivity contribution in [3.63, 3.8) is 0 Å². The monoisotopic (exact) mass is 406 g/mol. The molecule has 1 aromatic heterocycles. The van der Waals surface area contributed by atoms with Crippen LogP contribution in [0.1, 0.15) is 18.4 Å². The Morgan fingerprint density at radius 2 is 1.93 bits per heavy atom. The lowest BCUT2D eigenvalue weighted by atomic mass is 9.97. The Bertz CT molecular complexity index is 1040. The summed E-state index contributed by atoms with van der Waals surface area (Å²) in [6.45, 7) is 1.97. The summed E-state index contributed by atoms with van der Waals surface area (Å²) in [6, 6.07) is 13.5. The van der Waals surface area contributed by atoms with E-state index in [4.69, 9.17) is 14.5 Å². The quantitative estimate of drug-likeness (QED) is 0.678. The first-order valence-corrected chi connectivity index (χ1v) is 10.1. The second-order valence-corrected chi connectivity index (χ2v) is 7.41. The van der Waals surface area contributed by atoms with Crippen LogP contribution < -0.4 is 19.7 Å². The predicted molar refractivity (Wildman–Crippen MR) is 116 cm³/mol. The second kappa shape index (κ2) is 8.98. The van der Waals surface area contributed by atoms with Crippen LogP contribution in [0, 0.1) is 5.92 Å². The van der Waals surface area contributed by atoms with Gasteiger partial charge in [0, 0.05) is 19.6 Å². The van der Waals surface area contributed by atoms with Gasteiger partial charge in [-0.25, -0.2) is 4.98 Å². The molecular formula is C23H26N4O3. The topological polar surface area (TPSA) is 76.6 Å². The molecule has 1 aliphatic heterocycles. The molecule has 1 N–H and O–H groups in total. The number of methoxy groups -OCH3 is 2. The molecule has 2 heterocycles. The number of piperidine rings is 1. The Kier molecular flexibility index (Phi) is 5.97. The van der Waals surface area contributed by atoms with Gasteiger partial charge in [-0.3, -0.25) is 9.78 Å². The summed E-state index contributed by atoms with van der Waals surface area (Å²) >= 11 is 0. The molecular weight excluding hydrogens is 380 g/mol. The van der Waals surface area contributed by atoms with Crippen molar-refractivity contribution in [1.29, 1.82) is 0 Å². The van der Waals surface area contributed by atoms with Crippen LogP contribution in [0.5, 0.6) is 11.5 Å². The van der Waals surface area contributed by atoms with E-state index in [-0.39, 0.29) is 11.8 Å². The largest absolute Gasteiger partial charge is 0.493 e. The van der Waals surface area contributed by atoms with Crippen LogP contribution in [0.25, 0.3) is 11.0 Å². The molecule has 0 radical (unpaired) electrons. The zero-order valence-electron chi connectivity index (χ0n) is 17.3. The second-order valence-electron chi connectivity index (χ2n) is 7.41. The fraction of sp³-hybridized carbons (Fsp3) is 0.348. The van der Waals surface area contributed by atoms with Crippen molar-refractivity contribution in [3.8, 4) is 11.5 Å². The molecule has 30 heavy (non-hydrogen) atoms. The van der Waals surface area contributed by atoms with Crippen LogP contribution in [0.4, 0.5) is 5.82 Å². The lowest BCUT2D eigenvalue weighted by Gasteiger charge is -2.32. The molecule has 3 aromatic rings. The summed E-state index contributed by atoms with van der Waals surface area (Å²) in [5.74, 6) is 2.14. The number of ether oxygens (including phenoxy) is 2. The SMILES string of the molecule is COc1ccc(CNC(=O)[C@H]2CCCN(c3cnc4ccccc4n3)C2)cc1OC. The number of hydrogen-bond donors (Lipinski definition) is 1. The van der Waals surface area contributed by atoms with Gasteiger partial charge in [-0.2, -0.15) is 0 Å². The molecule has 7 nitrogen and oxygen atoms in total. The van der Waals surface area contributed by atoms with E-state index in [0.29, 0.717) is 24.6 Å². The third kappa shape index (κ3) is 4.30. The molecule has 1 amide bonds. The van der Waals surface area contributed by atoms with E-state index in [0.717, 1.165) is 41.8 Å². The van der Waals surface area contributed by atoms with Crippen molar-refractivity contribution in [3.05, 3.63) is 54.2 Å². The third-order valence-corrected chi connectivity index (χ3v) is 5.47. The predicted octanol–water partition coefficient (Wildman–Crippen LogP) is 3.18. The number of rotatable bonds is 6. The average Bonchev–Trinajstić information content (AvgIpc) is 2.82. The Morgan fingerprint density at radius 1 is 1.13 bits per heavy atom. The number of para-hydroxylation sites is 2. The molecule has 4 rings (SSSR count). The lowest BCUT2D eigenvalue weighted by Crippen LogP contribution is -2.43. The summed E-state index contributed by atoms with van der Waals surface area (Å²) in [5.41, 5.74) is 2.71. The van der Waals surface area contributed by atoms with Crippen molar-refractivity contribution in [2.45, 2.75) is 19.4 Å². The van der Waals surface area contributed by atoms with Crippen LogP contribution in [0.2, 0.25) is 0 Å². The first-order chi connectivity index (χ1) is 14.7. The maximum atomic E-state index is 12.8. The van der Waals surface area contributed by atoms with Crippen molar-refractivity contribution >= 4 is 22.8 Å². The van der Waals surface area contributed by atoms with Crippen molar-refractivity contribution < 1.29 is 14.3 Å². The number of hydrogen-bond acceptors (Lipinski definition) is 6. The van der Waals surface area contributed by atoms with E-state index in [2.05, 4.69) is 15.2 Å². The highest BCUT2D eigenvalue weighted by Crippen LogP contribution is 2.28. The van der Waals surface area contributed by atoms with Crippen molar-refractivity contribution in [2.24, 2.45) is 5.92 Å². The number of amides is 1. The molecule has 0 bridgehead atoms. The van der Waals surface area contributed by atoms with Crippen LogP contribution in [0.15, 0.2) is 48.7 Å². The van der Waals surface area contributed by atoms with Gasteiger partial charge >= 0.3 is 0 Å². The summed E-state index contributed by atoms with van der Waals surface area (Å²) < 4.78 is 10.6. The first-order valence-electron chi connectivity index (χ1n) is 10.1. The Labute approximate surface area is 176 Å². The zero-order chi connectivity index (χ0) is 20.9. The maximum absolute atomic E-state index is 12.8. The number of nitrogens with zero attached hydrogens (tertiary/aromatic N) is 3.